The monoisotopic (exact) mass is 395 g/mol. The van der Waals surface area contributed by atoms with Crippen LogP contribution in [0.1, 0.15) is 50.8 Å². The van der Waals surface area contributed by atoms with E-state index >= 15 is 0 Å². The van der Waals surface area contributed by atoms with Crippen LogP contribution in [0, 0.1) is 5.41 Å². The number of hydrogen-bond acceptors (Lipinski definition) is 2. The van der Waals surface area contributed by atoms with E-state index in [1.165, 1.54) is 0 Å². The van der Waals surface area contributed by atoms with Gasteiger partial charge in [0, 0.05) is 26.6 Å². The highest BCUT2D eigenvalue weighted by molar-refractivity contribution is 5.78. The first-order chi connectivity index (χ1) is 13.7. The van der Waals surface area contributed by atoms with Crippen LogP contribution in [-0.2, 0) is 11.3 Å². The maximum absolute atomic E-state index is 12.5. The van der Waals surface area contributed by atoms with E-state index in [-0.39, 0.29) is 29.8 Å². The van der Waals surface area contributed by atoms with Crippen LogP contribution in [-0.4, -0.2) is 30.4 Å². The van der Waals surface area contributed by atoms with Crippen molar-refractivity contribution in [3.8, 4) is 0 Å². The molecule has 5 nitrogen and oxygen atoms in total. The number of benzene rings is 2. The average molecular weight is 396 g/mol. The van der Waals surface area contributed by atoms with Crippen molar-refractivity contribution < 1.29 is 9.59 Å². The molecule has 0 spiro atoms. The van der Waals surface area contributed by atoms with Gasteiger partial charge in [0.2, 0.25) is 5.91 Å². The summed E-state index contributed by atoms with van der Waals surface area (Å²) in [7, 11) is 1.75. The molecule has 1 unspecified atom stereocenters. The minimum absolute atomic E-state index is 0.0415. The SMILES string of the molecule is CN(Cc1ccccc1)C(=O)NCCC(=O)NC(CC(C)(C)C)c1ccccc1. The molecule has 0 saturated carbocycles. The predicted molar refractivity (Wildman–Crippen MR) is 117 cm³/mol. The Labute approximate surface area is 174 Å². The second-order valence-corrected chi connectivity index (χ2v) is 8.62. The zero-order chi connectivity index (χ0) is 21.3. The Morgan fingerprint density at radius 1 is 0.966 bits per heavy atom. The summed E-state index contributed by atoms with van der Waals surface area (Å²) in [4.78, 5) is 26.3. The van der Waals surface area contributed by atoms with Crippen molar-refractivity contribution in [2.24, 2.45) is 5.41 Å². The molecule has 0 aliphatic heterocycles. The molecule has 0 radical (unpaired) electrons. The van der Waals surface area contributed by atoms with E-state index in [1.807, 2.05) is 60.7 Å². The number of carbonyl (C=O) groups excluding carboxylic acids is 2. The van der Waals surface area contributed by atoms with Crippen LogP contribution in [0.25, 0.3) is 0 Å². The van der Waals surface area contributed by atoms with Crippen LogP contribution in [0.5, 0.6) is 0 Å². The summed E-state index contributed by atoms with van der Waals surface area (Å²) >= 11 is 0. The number of hydrogen-bond donors (Lipinski definition) is 2. The molecule has 0 aliphatic rings. The lowest BCUT2D eigenvalue weighted by Crippen LogP contribution is -2.39. The van der Waals surface area contributed by atoms with Crippen LogP contribution < -0.4 is 10.6 Å². The molecule has 2 aromatic carbocycles. The second-order valence-electron chi connectivity index (χ2n) is 8.62. The van der Waals surface area contributed by atoms with E-state index in [2.05, 4.69) is 31.4 Å². The summed E-state index contributed by atoms with van der Waals surface area (Å²) in [5.74, 6) is -0.0610. The van der Waals surface area contributed by atoms with E-state index in [0.29, 0.717) is 13.1 Å². The van der Waals surface area contributed by atoms with Gasteiger partial charge in [0.15, 0.2) is 0 Å². The fourth-order valence-electron chi connectivity index (χ4n) is 3.16. The number of urea groups is 1. The summed E-state index contributed by atoms with van der Waals surface area (Å²) in [6.07, 6.45) is 1.09. The number of nitrogens with one attached hydrogen (secondary N) is 2. The minimum atomic E-state index is -0.184. The molecule has 0 saturated heterocycles. The lowest BCUT2D eigenvalue weighted by atomic mass is 9.85. The Balaban J connectivity index is 1.81. The molecular formula is C24H33N3O2. The molecule has 2 N–H and O–H groups in total. The summed E-state index contributed by atoms with van der Waals surface area (Å²) in [5.41, 5.74) is 2.25. The Morgan fingerprint density at radius 3 is 2.14 bits per heavy atom. The largest absolute Gasteiger partial charge is 0.349 e. The standard InChI is InChI=1S/C24H33N3O2/c1-24(2,3)17-21(20-13-9-6-10-14-20)26-22(28)15-16-25-23(29)27(4)18-19-11-7-5-8-12-19/h5-14,21H,15-18H2,1-4H3,(H,25,29)(H,26,28). The van der Waals surface area contributed by atoms with Crippen molar-refractivity contribution in [2.45, 2.75) is 46.2 Å². The Hall–Kier alpha value is -2.82. The molecule has 1 atom stereocenters. The van der Waals surface area contributed by atoms with Gasteiger partial charge in [0.05, 0.1) is 6.04 Å². The van der Waals surface area contributed by atoms with Crippen LogP contribution >= 0.6 is 0 Å². The van der Waals surface area contributed by atoms with Gasteiger partial charge in [-0.1, -0.05) is 81.4 Å². The Kier molecular flexibility index (Phi) is 8.25. The van der Waals surface area contributed by atoms with Crippen molar-refractivity contribution in [1.82, 2.24) is 15.5 Å². The van der Waals surface area contributed by atoms with Crippen molar-refractivity contribution >= 4 is 11.9 Å². The highest BCUT2D eigenvalue weighted by Gasteiger charge is 2.22. The van der Waals surface area contributed by atoms with E-state index in [4.69, 9.17) is 0 Å². The average Bonchev–Trinajstić information content (AvgIpc) is 2.67. The molecule has 2 rings (SSSR count). The molecule has 0 aliphatic carbocycles. The summed E-state index contributed by atoms with van der Waals surface area (Å²) in [6.45, 7) is 7.33. The molecule has 0 bridgehead atoms. The van der Waals surface area contributed by atoms with Crippen LogP contribution in [0.2, 0.25) is 0 Å². The van der Waals surface area contributed by atoms with Gasteiger partial charge in [0.25, 0.3) is 0 Å². The van der Waals surface area contributed by atoms with E-state index < -0.39 is 0 Å². The van der Waals surface area contributed by atoms with Crippen LogP contribution in [0.3, 0.4) is 0 Å². The maximum atomic E-state index is 12.5. The molecular weight excluding hydrogens is 362 g/mol. The van der Waals surface area contributed by atoms with Crippen molar-refractivity contribution in [3.63, 3.8) is 0 Å². The number of rotatable bonds is 8. The Bertz CT molecular complexity index is 770. The third-order valence-electron chi connectivity index (χ3n) is 4.59. The van der Waals surface area contributed by atoms with E-state index in [9.17, 15) is 9.59 Å². The number of carbonyl (C=O) groups is 2. The Morgan fingerprint density at radius 2 is 1.55 bits per heavy atom. The molecule has 0 heterocycles. The van der Waals surface area contributed by atoms with Gasteiger partial charge in [-0.25, -0.2) is 4.79 Å². The van der Waals surface area contributed by atoms with Crippen molar-refractivity contribution in [1.29, 1.82) is 0 Å². The van der Waals surface area contributed by atoms with Gasteiger partial charge in [-0.2, -0.15) is 0 Å². The zero-order valence-electron chi connectivity index (χ0n) is 17.9. The predicted octanol–water partition coefficient (Wildman–Crippen LogP) is 4.51. The van der Waals surface area contributed by atoms with E-state index in [1.54, 1.807) is 11.9 Å². The lowest BCUT2D eigenvalue weighted by Gasteiger charge is -2.27. The molecule has 29 heavy (non-hydrogen) atoms. The first kappa shape index (κ1) is 22.5. The molecule has 0 aromatic heterocycles. The molecule has 0 fully saturated rings. The molecule has 5 heteroatoms. The topological polar surface area (TPSA) is 61.4 Å². The fraction of sp³-hybridized carbons (Fsp3) is 0.417. The second kappa shape index (κ2) is 10.6. The zero-order valence-corrected chi connectivity index (χ0v) is 17.9. The van der Waals surface area contributed by atoms with Crippen molar-refractivity contribution in [3.05, 3.63) is 71.8 Å². The normalized spacial score (nSPS) is 12.1. The molecule has 3 amide bonds. The lowest BCUT2D eigenvalue weighted by molar-refractivity contribution is -0.121. The van der Waals surface area contributed by atoms with Gasteiger partial charge in [-0.15, -0.1) is 0 Å². The highest BCUT2D eigenvalue weighted by atomic mass is 16.2. The van der Waals surface area contributed by atoms with Gasteiger partial charge in [-0.05, 0) is 23.0 Å². The summed E-state index contributed by atoms with van der Waals surface area (Å²) in [5, 5.41) is 5.95. The summed E-state index contributed by atoms with van der Waals surface area (Å²) < 4.78 is 0. The first-order valence-corrected chi connectivity index (χ1v) is 10.1. The maximum Gasteiger partial charge on any atom is 0.317 e. The quantitative estimate of drug-likeness (QED) is 0.691. The smallest absolute Gasteiger partial charge is 0.317 e. The first-order valence-electron chi connectivity index (χ1n) is 10.1. The van der Waals surface area contributed by atoms with Gasteiger partial charge in [-0.3, -0.25) is 4.79 Å². The third kappa shape index (κ3) is 8.38. The van der Waals surface area contributed by atoms with Gasteiger partial charge in [0.1, 0.15) is 0 Å². The summed E-state index contributed by atoms with van der Waals surface area (Å²) in [6, 6.07) is 19.6. The van der Waals surface area contributed by atoms with Crippen molar-refractivity contribution in [2.75, 3.05) is 13.6 Å². The fourth-order valence-corrected chi connectivity index (χ4v) is 3.16. The highest BCUT2D eigenvalue weighted by Crippen LogP contribution is 2.29. The van der Waals surface area contributed by atoms with Crippen LogP contribution in [0.15, 0.2) is 60.7 Å². The van der Waals surface area contributed by atoms with Gasteiger partial charge >= 0.3 is 6.03 Å². The van der Waals surface area contributed by atoms with Gasteiger partial charge < -0.3 is 15.5 Å². The minimum Gasteiger partial charge on any atom is -0.349 e. The number of nitrogens with zero attached hydrogens (tertiary/aromatic N) is 1. The van der Waals surface area contributed by atoms with Crippen LogP contribution in [0.4, 0.5) is 4.79 Å². The third-order valence-corrected chi connectivity index (χ3v) is 4.59. The molecule has 156 valence electrons. The molecule has 2 aromatic rings. The number of amides is 3. The van der Waals surface area contributed by atoms with E-state index in [0.717, 1.165) is 17.5 Å².